The van der Waals surface area contributed by atoms with Crippen molar-refractivity contribution in [2.45, 2.75) is 79.1 Å². The van der Waals surface area contributed by atoms with Crippen molar-refractivity contribution >= 4 is 52.3 Å². The number of carbonyl (C=O) groups is 1. The fraction of sp³-hybridized carbons (Fsp3) is 0.254. The van der Waals surface area contributed by atoms with Gasteiger partial charge in [0.25, 0.3) is 11.4 Å². The summed E-state index contributed by atoms with van der Waals surface area (Å²) in [5.41, 5.74) is 17.3. The molecule has 4 N–H and O–H groups in total. The van der Waals surface area contributed by atoms with Gasteiger partial charge in [-0.2, -0.15) is 0 Å². The zero-order chi connectivity index (χ0) is 62.0. The van der Waals surface area contributed by atoms with Crippen LogP contribution >= 0.6 is 15.9 Å². The van der Waals surface area contributed by atoms with Crippen LogP contribution in [-0.2, 0) is 4.79 Å². The lowest BCUT2D eigenvalue weighted by Crippen LogP contribution is -2.08. The van der Waals surface area contributed by atoms with Gasteiger partial charge in [0.15, 0.2) is 0 Å². The number of ether oxygens (including phenoxy) is 4. The number of methoxy groups -OCH3 is 4. The summed E-state index contributed by atoms with van der Waals surface area (Å²) in [5, 5.41) is 32.2. The summed E-state index contributed by atoms with van der Waals surface area (Å²) in [6.07, 6.45) is 6.73. The summed E-state index contributed by atoms with van der Waals surface area (Å²) in [7, 11) is 6.82. The highest BCUT2D eigenvalue weighted by Crippen LogP contribution is 2.35. The average Bonchev–Trinajstić information content (AvgIpc) is 3.70. The number of hydrogen-bond donors (Lipinski definition) is 3. The normalized spacial score (nSPS) is 10.3. The number of nitrogens with two attached hydrogens (primary N) is 1. The zero-order valence-electron chi connectivity index (χ0n) is 49.2. The van der Waals surface area contributed by atoms with Gasteiger partial charge in [0.2, 0.25) is 29.4 Å². The Hall–Kier alpha value is -9.21. The van der Waals surface area contributed by atoms with Gasteiger partial charge in [-0.1, -0.05) is 147 Å². The van der Waals surface area contributed by atoms with Gasteiger partial charge in [-0.25, -0.2) is 19.9 Å². The van der Waals surface area contributed by atoms with Crippen molar-refractivity contribution in [1.82, 2.24) is 19.9 Å². The topological polar surface area (TPSA) is 259 Å². The number of anilines is 2. The van der Waals surface area contributed by atoms with E-state index in [1.807, 2.05) is 72.8 Å². The molecule has 4 aromatic carbocycles. The van der Waals surface area contributed by atoms with Crippen LogP contribution in [0.2, 0.25) is 0 Å². The van der Waals surface area contributed by atoms with Crippen LogP contribution in [0.1, 0.15) is 101 Å². The second-order valence-corrected chi connectivity index (χ2v) is 20.4. The molecule has 1 amide bonds. The molecule has 4 heterocycles. The number of benzene rings is 4. The Bertz CT molecular complexity index is 3410. The van der Waals surface area contributed by atoms with E-state index in [1.165, 1.54) is 60.9 Å². The molecule has 0 saturated heterocycles. The van der Waals surface area contributed by atoms with E-state index in [9.17, 15) is 25.0 Å². The first kappa shape index (κ1) is 67.3. The standard InChI is InChI=1S/C18H20N2O2.C15H16N2O3.C15H18N2O.C9H12BO2.C6H5BrN2O3/c1-5-17(21)20-15-10-16(18(22-4)19-11-15)14-8-6-13(7-9-14)12(2)3;1-10(2)11-4-6-12(7-5-11)14-8-13(17(18)19)9-16-15(14)20-3;1-10(2)11-4-6-12(7-5-11)14-8-13(16)9-17-15(14)18-3;1-7(2)8-3-5-9(6-4-8)12-10-11;1-12-6-5(7)2-4(3-8-6)9(10)11/h5-12H,1H2,2-4H3,(H,20,21);4-10H,1-3H3;4-10H,16H2,1-3H3;3-7,11H,1-2H3;2-3H,1H3. The molecule has 19 nitrogen and oxygen atoms in total. The van der Waals surface area contributed by atoms with Crippen molar-refractivity contribution in [3.8, 4) is 62.7 Å². The number of nitrogens with one attached hydrogen (secondary N) is 1. The molecule has 0 aliphatic rings. The van der Waals surface area contributed by atoms with Crippen LogP contribution in [0.4, 0.5) is 22.7 Å². The van der Waals surface area contributed by atoms with Gasteiger partial charge in [0.05, 0.1) is 77.8 Å². The molecule has 0 spiro atoms. The van der Waals surface area contributed by atoms with Gasteiger partial charge >= 0.3 is 7.69 Å². The van der Waals surface area contributed by atoms with Gasteiger partial charge < -0.3 is 39.7 Å². The largest absolute Gasteiger partial charge is 0.569 e. The maximum Gasteiger partial charge on any atom is 0.569 e. The highest BCUT2D eigenvalue weighted by molar-refractivity contribution is 9.10. The molecule has 0 bridgehead atoms. The third-order valence-corrected chi connectivity index (χ3v) is 13.0. The third kappa shape index (κ3) is 20.3. The monoisotopic (exact) mass is 1210 g/mol. The number of aromatic nitrogens is 4. The van der Waals surface area contributed by atoms with Crippen LogP contribution in [0.15, 0.2) is 163 Å². The molecule has 439 valence electrons. The maximum atomic E-state index is 11.4. The van der Waals surface area contributed by atoms with Gasteiger partial charge in [0.1, 0.15) is 12.4 Å². The summed E-state index contributed by atoms with van der Waals surface area (Å²) in [5.74, 6) is 4.19. The molecule has 21 heteroatoms. The average molecular weight is 1210 g/mol. The first-order valence-electron chi connectivity index (χ1n) is 26.4. The number of nitro groups is 2. The predicted octanol–water partition coefficient (Wildman–Crippen LogP) is 14.7. The molecule has 4 aromatic heterocycles. The minimum atomic E-state index is -0.517. The van der Waals surface area contributed by atoms with Crippen LogP contribution in [0.25, 0.3) is 33.4 Å². The number of carbonyl (C=O) groups excluding carboxylic acids is 1. The fourth-order valence-corrected chi connectivity index (χ4v) is 8.13. The zero-order valence-corrected chi connectivity index (χ0v) is 50.8. The summed E-state index contributed by atoms with van der Waals surface area (Å²) < 4.78 is 25.8. The molecule has 0 unspecified atom stereocenters. The first-order chi connectivity index (χ1) is 40.1. The maximum absolute atomic E-state index is 11.4. The van der Waals surface area contributed by atoms with Gasteiger partial charge in [-0.3, -0.25) is 25.0 Å². The fourth-order valence-electron chi connectivity index (χ4n) is 7.63. The molecule has 0 atom stereocenters. The Morgan fingerprint density at radius 1 is 0.560 bits per heavy atom. The number of hydrogen-bond acceptors (Lipinski definition) is 16. The minimum Gasteiger partial charge on any atom is -0.537 e. The van der Waals surface area contributed by atoms with E-state index in [-0.39, 0.29) is 17.3 Å². The van der Waals surface area contributed by atoms with E-state index in [4.69, 9.17) is 34.4 Å². The second kappa shape index (κ2) is 33.7. The SMILES string of the molecule is C=CC(=O)Nc1cnc(OC)c(-c2ccc(C(C)C)cc2)c1.CC(C)c1ccc(O[B]O)cc1.COc1ncc(N)cc1-c1ccc(C(C)C)cc1.COc1ncc([N+](=O)[O-])cc1-c1ccc(C(C)C)cc1.COc1ncc([N+](=O)[O-])cc1Br. The molecular weight excluding hydrogens is 1140 g/mol. The minimum absolute atomic E-state index is 0.0475. The Labute approximate surface area is 500 Å². The molecule has 0 fully saturated rings. The van der Waals surface area contributed by atoms with E-state index in [0.717, 1.165) is 34.0 Å². The van der Waals surface area contributed by atoms with Crippen molar-refractivity contribution in [2.75, 3.05) is 39.5 Å². The van der Waals surface area contributed by atoms with E-state index < -0.39 is 9.85 Å². The predicted molar refractivity (Wildman–Crippen MR) is 335 cm³/mol. The first-order valence-corrected chi connectivity index (χ1v) is 27.2. The molecule has 8 aromatic rings. The van der Waals surface area contributed by atoms with Gasteiger partial charge in [-0.05, 0) is 109 Å². The van der Waals surface area contributed by atoms with Crippen molar-refractivity contribution in [3.63, 3.8) is 0 Å². The van der Waals surface area contributed by atoms with Crippen molar-refractivity contribution < 1.29 is 43.3 Å². The van der Waals surface area contributed by atoms with Crippen LogP contribution in [0, 0.1) is 20.2 Å². The van der Waals surface area contributed by atoms with E-state index >= 15 is 0 Å². The molecule has 84 heavy (non-hydrogen) atoms. The van der Waals surface area contributed by atoms with Crippen LogP contribution in [0.5, 0.6) is 29.3 Å². The second-order valence-electron chi connectivity index (χ2n) is 19.5. The molecule has 0 saturated carbocycles. The Balaban J connectivity index is 0.000000230. The molecule has 0 aliphatic heterocycles. The Morgan fingerprint density at radius 2 is 0.905 bits per heavy atom. The number of halogens is 1. The lowest BCUT2D eigenvalue weighted by Gasteiger charge is -2.11. The third-order valence-electron chi connectivity index (χ3n) is 12.4. The van der Waals surface area contributed by atoms with Crippen molar-refractivity contribution in [2.24, 2.45) is 0 Å². The summed E-state index contributed by atoms with van der Waals surface area (Å²) >= 11 is 3.08. The smallest absolute Gasteiger partial charge is 0.537 e. The van der Waals surface area contributed by atoms with Gasteiger partial charge in [-0.15, -0.1) is 0 Å². The molecule has 0 aliphatic carbocycles. The molecular formula is C63H71BBrN8O11. The highest BCUT2D eigenvalue weighted by atomic mass is 79.9. The molecule has 8 rings (SSSR count). The van der Waals surface area contributed by atoms with Crippen LogP contribution < -0.4 is 34.7 Å². The lowest BCUT2D eigenvalue weighted by atomic mass is 9.99. The number of amides is 1. The molecule has 1 radical (unpaired) electrons. The van der Waals surface area contributed by atoms with Crippen LogP contribution in [0.3, 0.4) is 0 Å². The van der Waals surface area contributed by atoms with Crippen LogP contribution in [-0.4, -0.2) is 76.8 Å². The van der Waals surface area contributed by atoms with Crippen molar-refractivity contribution in [1.29, 1.82) is 0 Å². The number of rotatable bonds is 17. The summed E-state index contributed by atoms with van der Waals surface area (Å²) in [6.45, 7) is 20.6. The number of nitrogens with zero attached hydrogens (tertiary/aromatic N) is 6. The van der Waals surface area contributed by atoms with Gasteiger partial charge in [0, 0.05) is 23.3 Å². The van der Waals surface area contributed by atoms with Crippen molar-refractivity contribution in [3.05, 3.63) is 206 Å². The summed E-state index contributed by atoms with van der Waals surface area (Å²) in [4.78, 5) is 47.7. The van der Waals surface area contributed by atoms with E-state index in [0.29, 0.717) is 82.0 Å². The number of nitrogen functional groups attached to an aromatic ring is 1. The highest BCUT2D eigenvalue weighted by Gasteiger charge is 2.16. The van der Waals surface area contributed by atoms with E-state index in [2.05, 4.69) is 140 Å². The summed E-state index contributed by atoms with van der Waals surface area (Å²) in [6, 6.07) is 38.7. The number of pyridine rings is 4. The Kier molecular flexibility index (Phi) is 27.0. The lowest BCUT2D eigenvalue weighted by molar-refractivity contribution is -0.385. The Morgan fingerprint density at radius 3 is 1.26 bits per heavy atom. The quantitative estimate of drug-likeness (QED) is 0.0331. The van der Waals surface area contributed by atoms with E-state index in [1.54, 1.807) is 26.6 Å².